The number of hydrogen-bond acceptors (Lipinski definition) is 4. The fraction of sp³-hybridized carbons (Fsp3) is 0.786. The molecule has 1 aliphatic heterocycles. The maximum Gasteiger partial charge on any atom is 0.0972 e. The molecule has 0 spiro atoms. The van der Waals surface area contributed by atoms with E-state index in [0.717, 1.165) is 6.54 Å². The first-order valence-corrected chi connectivity index (χ1v) is 7.83. The van der Waals surface area contributed by atoms with Crippen LogP contribution in [0.15, 0.2) is 5.38 Å². The zero-order valence-corrected chi connectivity index (χ0v) is 12.5. The Morgan fingerprint density at radius 3 is 2.94 bits per heavy atom. The molecule has 1 aliphatic rings. The lowest BCUT2D eigenvalue weighted by Gasteiger charge is -2.28. The van der Waals surface area contributed by atoms with Gasteiger partial charge in [0.15, 0.2) is 0 Å². The lowest BCUT2D eigenvalue weighted by molar-refractivity contribution is 0.250. The molecule has 18 heavy (non-hydrogen) atoms. The third-order valence-electron chi connectivity index (χ3n) is 3.95. The summed E-state index contributed by atoms with van der Waals surface area (Å²) in [6.45, 7) is 7.54. The Hall–Kier alpha value is -0.450. The first-order valence-electron chi connectivity index (χ1n) is 6.95. The number of piperidine rings is 1. The minimum absolute atomic E-state index is 0.413. The fourth-order valence-electron chi connectivity index (χ4n) is 2.76. The Morgan fingerprint density at radius 1 is 1.56 bits per heavy atom. The number of nitrogens with two attached hydrogens (primary N) is 1. The third kappa shape index (κ3) is 3.11. The van der Waals surface area contributed by atoms with Crippen LogP contribution in [-0.2, 0) is 0 Å². The Kier molecular flexibility index (Phi) is 4.76. The highest BCUT2D eigenvalue weighted by Gasteiger charge is 2.24. The Labute approximate surface area is 114 Å². The van der Waals surface area contributed by atoms with Gasteiger partial charge < -0.3 is 10.6 Å². The van der Waals surface area contributed by atoms with E-state index in [2.05, 4.69) is 31.2 Å². The van der Waals surface area contributed by atoms with E-state index in [4.69, 9.17) is 10.7 Å². The van der Waals surface area contributed by atoms with Crippen molar-refractivity contribution in [3.8, 4) is 0 Å². The molecule has 0 aromatic carbocycles. The molecule has 2 unspecified atom stereocenters. The molecule has 0 saturated carbocycles. The molecule has 1 fully saturated rings. The van der Waals surface area contributed by atoms with Gasteiger partial charge in [0.2, 0.25) is 0 Å². The van der Waals surface area contributed by atoms with Crippen molar-refractivity contribution in [1.82, 2.24) is 9.88 Å². The molecule has 2 atom stereocenters. The maximum atomic E-state index is 5.87. The van der Waals surface area contributed by atoms with Crippen LogP contribution in [0.25, 0.3) is 0 Å². The summed E-state index contributed by atoms with van der Waals surface area (Å²) in [5.41, 5.74) is 7.08. The van der Waals surface area contributed by atoms with Crippen molar-refractivity contribution in [2.24, 2.45) is 11.7 Å². The van der Waals surface area contributed by atoms with Crippen LogP contribution >= 0.6 is 11.3 Å². The van der Waals surface area contributed by atoms with Crippen LogP contribution in [0.4, 0.5) is 0 Å². The lowest BCUT2D eigenvalue weighted by Crippen LogP contribution is -2.30. The summed E-state index contributed by atoms with van der Waals surface area (Å²) in [6, 6.07) is 0. The van der Waals surface area contributed by atoms with Gasteiger partial charge in [0.25, 0.3) is 0 Å². The number of thiazole rings is 1. The summed E-state index contributed by atoms with van der Waals surface area (Å²) in [5.74, 6) is 1.61. The molecule has 0 amide bonds. The standard InChI is InChI=1S/C14H25N3S/c1-10(2)12(7-15)13-9-18-14(16-13)11-5-4-6-17(3)8-11/h9-12H,4-8,15H2,1-3H3. The number of aromatic nitrogens is 1. The molecule has 2 heterocycles. The van der Waals surface area contributed by atoms with Gasteiger partial charge in [-0.15, -0.1) is 11.3 Å². The van der Waals surface area contributed by atoms with Crippen molar-refractivity contribution in [1.29, 1.82) is 0 Å². The van der Waals surface area contributed by atoms with Crippen LogP contribution in [0.2, 0.25) is 0 Å². The third-order valence-corrected chi connectivity index (χ3v) is 4.98. The van der Waals surface area contributed by atoms with Crippen LogP contribution in [0, 0.1) is 5.92 Å². The highest BCUT2D eigenvalue weighted by atomic mass is 32.1. The summed E-state index contributed by atoms with van der Waals surface area (Å²) in [6.07, 6.45) is 2.58. The van der Waals surface area contributed by atoms with Crippen molar-refractivity contribution >= 4 is 11.3 Å². The number of hydrogen-bond donors (Lipinski definition) is 1. The molecule has 2 rings (SSSR count). The Bertz CT molecular complexity index is 375. The van der Waals surface area contributed by atoms with Crippen LogP contribution in [0.1, 0.15) is 49.2 Å². The molecule has 2 N–H and O–H groups in total. The summed E-state index contributed by atoms with van der Waals surface area (Å²) in [4.78, 5) is 7.29. The van der Waals surface area contributed by atoms with Crippen LogP contribution in [0.5, 0.6) is 0 Å². The Morgan fingerprint density at radius 2 is 2.33 bits per heavy atom. The van der Waals surface area contributed by atoms with E-state index in [1.54, 1.807) is 0 Å². The fourth-order valence-corrected chi connectivity index (χ4v) is 3.77. The molecular formula is C14H25N3S. The minimum atomic E-state index is 0.413. The summed E-state index contributed by atoms with van der Waals surface area (Å²) in [7, 11) is 2.21. The zero-order valence-electron chi connectivity index (χ0n) is 11.7. The number of nitrogens with zero attached hydrogens (tertiary/aromatic N) is 2. The quantitative estimate of drug-likeness (QED) is 0.912. The van der Waals surface area contributed by atoms with Crippen LogP contribution in [0.3, 0.4) is 0 Å². The van der Waals surface area contributed by atoms with E-state index < -0.39 is 0 Å². The second kappa shape index (κ2) is 6.13. The van der Waals surface area contributed by atoms with E-state index in [-0.39, 0.29) is 0 Å². The predicted octanol–water partition coefficient (Wildman–Crippen LogP) is 2.65. The molecule has 1 aromatic rings. The summed E-state index contributed by atoms with van der Waals surface area (Å²) >= 11 is 1.83. The molecule has 1 aromatic heterocycles. The minimum Gasteiger partial charge on any atom is -0.330 e. The lowest BCUT2D eigenvalue weighted by atomic mass is 9.93. The van der Waals surface area contributed by atoms with Gasteiger partial charge in [0.1, 0.15) is 0 Å². The highest BCUT2D eigenvalue weighted by molar-refractivity contribution is 7.09. The first kappa shape index (κ1) is 14.0. The van der Waals surface area contributed by atoms with Crippen molar-refractivity contribution in [2.45, 2.75) is 38.5 Å². The summed E-state index contributed by atoms with van der Waals surface area (Å²) in [5, 5.41) is 3.54. The van der Waals surface area contributed by atoms with Crippen molar-refractivity contribution in [2.75, 3.05) is 26.7 Å². The molecule has 0 bridgehead atoms. The van der Waals surface area contributed by atoms with E-state index in [1.165, 1.54) is 30.1 Å². The van der Waals surface area contributed by atoms with Crippen molar-refractivity contribution in [3.05, 3.63) is 16.1 Å². The average Bonchev–Trinajstić information content (AvgIpc) is 2.79. The second-order valence-corrected chi connectivity index (χ2v) is 6.69. The molecular weight excluding hydrogens is 242 g/mol. The van der Waals surface area contributed by atoms with Gasteiger partial charge in [-0.25, -0.2) is 4.98 Å². The van der Waals surface area contributed by atoms with E-state index in [0.29, 0.717) is 24.3 Å². The second-order valence-electron chi connectivity index (χ2n) is 5.80. The van der Waals surface area contributed by atoms with E-state index in [1.807, 2.05) is 11.3 Å². The number of likely N-dealkylation sites (tertiary alicyclic amines) is 1. The topological polar surface area (TPSA) is 42.1 Å². The smallest absolute Gasteiger partial charge is 0.0972 e. The largest absolute Gasteiger partial charge is 0.330 e. The van der Waals surface area contributed by atoms with Crippen molar-refractivity contribution in [3.63, 3.8) is 0 Å². The molecule has 1 saturated heterocycles. The van der Waals surface area contributed by atoms with E-state index >= 15 is 0 Å². The predicted molar refractivity (Wildman–Crippen MR) is 78.2 cm³/mol. The average molecular weight is 267 g/mol. The van der Waals surface area contributed by atoms with Crippen LogP contribution < -0.4 is 5.73 Å². The SMILES string of the molecule is CC(C)C(CN)c1csc(C2CCCN(C)C2)n1. The molecule has 0 radical (unpaired) electrons. The van der Waals surface area contributed by atoms with E-state index in [9.17, 15) is 0 Å². The highest BCUT2D eigenvalue weighted by Crippen LogP contribution is 2.32. The van der Waals surface area contributed by atoms with Gasteiger partial charge in [-0.3, -0.25) is 0 Å². The zero-order chi connectivity index (χ0) is 13.1. The van der Waals surface area contributed by atoms with Gasteiger partial charge in [0, 0.05) is 30.3 Å². The molecule has 0 aliphatic carbocycles. The van der Waals surface area contributed by atoms with Gasteiger partial charge in [-0.05, 0) is 32.4 Å². The number of likely N-dealkylation sites (N-methyl/N-ethyl adjacent to an activating group) is 1. The van der Waals surface area contributed by atoms with Gasteiger partial charge >= 0.3 is 0 Å². The molecule has 102 valence electrons. The molecule has 3 nitrogen and oxygen atoms in total. The Balaban J connectivity index is 2.09. The number of rotatable bonds is 4. The van der Waals surface area contributed by atoms with Gasteiger partial charge in [-0.1, -0.05) is 13.8 Å². The van der Waals surface area contributed by atoms with Crippen molar-refractivity contribution < 1.29 is 0 Å². The summed E-state index contributed by atoms with van der Waals surface area (Å²) < 4.78 is 0. The van der Waals surface area contributed by atoms with Gasteiger partial charge in [-0.2, -0.15) is 0 Å². The van der Waals surface area contributed by atoms with Gasteiger partial charge in [0.05, 0.1) is 10.7 Å². The monoisotopic (exact) mass is 267 g/mol. The normalized spacial score (nSPS) is 23.5. The maximum absolute atomic E-state index is 5.87. The first-order chi connectivity index (χ1) is 8.61. The van der Waals surface area contributed by atoms with Crippen LogP contribution in [-0.4, -0.2) is 36.6 Å². The molecule has 4 heteroatoms.